The van der Waals surface area contributed by atoms with Gasteiger partial charge in [-0.15, -0.1) is 0 Å². The molecule has 1 rings (SSSR count). The second-order valence-corrected chi connectivity index (χ2v) is 32.3. The van der Waals surface area contributed by atoms with Crippen molar-refractivity contribution < 1.29 is 77.0 Å². The second-order valence-electron chi connectivity index (χ2n) is 32.3. The number of carboxylic acid groups (broad SMARTS) is 1. The van der Waals surface area contributed by atoms with Crippen molar-refractivity contribution in [3.8, 4) is 0 Å². The van der Waals surface area contributed by atoms with Gasteiger partial charge in [0.2, 0.25) is 82.7 Å². The monoisotopic (exact) mass is 1790 g/mol. The summed E-state index contributed by atoms with van der Waals surface area (Å²) in [5.41, 5.74) is 68.4. The maximum atomic E-state index is 14.9. The van der Waals surface area contributed by atoms with Gasteiger partial charge in [-0.3, -0.25) is 92.1 Å². The number of H-pyrrole nitrogens is 1. The van der Waals surface area contributed by atoms with Crippen molar-refractivity contribution in [1.82, 2.24) is 79.1 Å². The van der Waals surface area contributed by atoms with Crippen LogP contribution in [0.2, 0.25) is 0 Å². The molecule has 0 aliphatic carbocycles. The summed E-state index contributed by atoms with van der Waals surface area (Å²) in [5.74, 6) is -18.0. The van der Waals surface area contributed by atoms with Gasteiger partial charge in [-0.1, -0.05) is 102 Å². The Morgan fingerprint density at radius 3 is 0.952 bits per heavy atom. The Hall–Kier alpha value is -12.4. The number of imidazole rings is 1. The van der Waals surface area contributed by atoms with E-state index in [4.69, 9.17) is 68.8 Å². The molecule has 1 heterocycles. The summed E-state index contributed by atoms with van der Waals surface area (Å²) in [6.45, 7) is 19.4. The van der Waals surface area contributed by atoms with Gasteiger partial charge in [0, 0.05) is 57.5 Å². The number of aliphatic carboxylic acids is 1. The van der Waals surface area contributed by atoms with Gasteiger partial charge in [-0.05, 0) is 119 Å². The number of primary amides is 1. The third kappa shape index (κ3) is 45.3. The van der Waals surface area contributed by atoms with Crippen molar-refractivity contribution >= 4 is 118 Å². The quantitative estimate of drug-likeness (QED) is 0.0164. The summed E-state index contributed by atoms with van der Waals surface area (Å²) in [6.07, 6.45) is 2.40. The average molecular weight is 1790 g/mol. The molecule has 0 fully saturated rings. The number of aromatic nitrogens is 2. The van der Waals surface area contributed by atoms with Gasteiger partial charge >= 0.3 is 5.97 Å². The third-order valence-electron chi connectivity index (χ3n) is 20.3. The molecule has 48 heteroatoms. The Bertz CT molecular complexity index is 3820. The number of carbonyl (C=O) groups excluding carboxylic acids is 14. The normalized spacial score (nSPS) is 14.9. The largest absolute Gasteiger partial charge is 0.480 e. The third-order valence-corrected chi connectivity index (χ3v) is 20.3. The van der Waals surface area contributed by atoms with Crippen LogP contribution in [-0.2, 0) is 78.3 Å². The van der Waals surface area contributed by atoms with Crippen molar-refractivity contribution in [2.24, 2.45) is 129 Å². The molecule has 1 aromatic heterocycles. The van der Waals surface area contributed by atoms with E-state index in [0.29, 0.717) is 18.5 Å². The molecule has 1 aromatic rings. The number of guanidine groups is 5. The molecule has 14 amide bonds. The molecule has 0 aliphatic rings. The maximum absolute atomic E-state index is 14.9. The number of aliphatic imine (C=N–C) groups is 5. The summed E-state index contributed by atoms with van der Waals surface area (Å²) in [6, 6.07) is -18.2. The van der Waals surface area contributed by atoms with E-state index in [0.717, 1.165) is 0 Å². The Balaban J connectivity index is 3.84. The second kappa shape index (κ2) is 59.4. The number of aromatic amines is 1. The van der Waals surface area contributed by atoms with Gasteiger partial charge < -0.3 is 148 Å². The van der Waals surface area contributed by atoms with Crippen LogP contribution in [0.25, 0.3) is 0 Å². The van der Waals surface area contributed by atoms with E-state index in [2.05, 4.69) is 104 Å². The van der Waals surface area contributed by atoms with Crippen molar-refractivity contribution in [3.63, 3.8) is 0 Å². The van der Waals surface area contributed by atoms with E-state index in [-0.39, 0.29) is 164 Å². The van der Waals surface area contributed by atoms with Crippen LogP contribution in [0.15, 0.2) is 37.5 Å². The molecule has 126 heavy (non-hydrogen) atoms. The van der Waals surface area contributed by atoms with Gasteiger partial charge in [0.1, 0.15) is 72.5 Å². The Morgan fingerprint density at radius 1 is 0.365 bits per heavy atom. The van der Waals surface area contributed by atoms with E-state index >= 15 is 0 Å². The zero-order chi connectivity index (χ0) is 95.6. The molecular weight excluding hydrogens is 1640 g/mol. The molecule has 0 unspecified atom stereocenters. The fourth-order valence-electron chi connectivity index (χ4n) is 12.6. The predicted octanol–water partition coefficient (Wildman–Crippen LogP) is -7.28. The average Bonchev–Trinajstić information content (AvgIpc) is 1.02. The van der Waals surface area contributed by atoms with Crippen LogP contribution in [-0.4, -0.2) is 251 Å². The van der Waals surface area contributed by atoms with Crippen LogP contribution in [0, 0.1) is 35.5 Å². The molecule has 16 atom stereocenters. The van der Waals surface area contributed by atoms with Crippen molar-refractivity contribution in [2.75, 3.05) is 39.3 Å². The van der Waals surface area contributed by atoms with Crippen LogP contribution >= 0.6 is 0 Å². The molecule has 0 radical (unpaired) electrons. The SMILES string of the molecule is CC[C@H](C)[C@H](NC(=O)[C@H](CCCN=C(N)N)NC(=O)[C@H](CCCN=C(N)N)NC(=O)[C@H](CC(C)C)NC(=O)CNC(=O)[C@H](CCC(N)=O)NC(=O)[C@H](CCCN=C(N)N)NC(=O)[C@@H](NC(=O)[C@H](CCCN=C(N)N)NC(=O)[C@H](CCCN=C(N)N)NC(=O)[C@@H](NC(=O)[C@@H](NC(=O)[C@@H](N)Cc1cnc[nH]1)[C@@H](C)CC)C(C)C)[C@@H](C)CC)C(=O)N[C@@H](CC(C)C)C(=O)O. The highest BCUT2D eigenvalue weighted by Gasteiger charge is 2.40. The minimum atomic E-state index is -1.67. The minimum Gasteiger partial charge on any atom is -0.480 e. The molecule has 0 aliphatic heterocycles. The van der Waals surface area contributed by atoms with Gasteiger partial charge in [0.25, 0.3) is 0 Å². The Labute approximate surface area is 735 Å². The van der Waals surface area contributed by atoms with Gasteiger partial charge in [-0.25, -0.2) is 9.78 Å². The molecule has 0 bridgehead atoms. The first-order valence-corrected chi connectivity index (χ1v) is 42.6. The molecule has 712 valence electrons. The van der Waals surface area contributed by atoms with Gasteiger partial charge in [0.05, 0.1) is 18.9 Å². The molecule has 0 spiro atoms. The first-order chi connectivity index (χ1) is 59.2. The molecular formula is C78H144N32O16. The fraction of sp³-hybridized carbons (Fsp3) is 0.705. The van der Waals surface area contributed by atoms with Gasteiger partial charge in [-0.2, -0.15) is 0 Å². The highest BCUT2D eigenvalue weighted by Crippen LogP contribution is 2.18. The van der Waals surface area contributed by atoms with E-state index in [9.17, 15) is 77.0 Å². The van der Waals surface area contributed by atoms with E-state index in [1.807, 2.05) is 0 Å². The van der Waals surface area contributed by atoms with Crippen molar-refractivity contribution in [1.29, 1.82) is 0 Å². The Morgan fingerprint density at radius 2 is 0.651 bits per heavy atom. The number of hydrogen-bond donors (Lipinski definition) is 27. The Kier molecular flexibility index (Phi) is 52.6. The van der Waals surface area contributed by atoms with Crippen LogP contribution in [0.1, 0.15) is 198 Å². The molecule has 0 saturated heterocycles. The molecule has 48 nitrogen and oxygen atoms in total. The van der Waals surface area contributed by atoms with Gasteiger partial charge in [0.15, 0.2) is 29.8 Å². The molecule has 39 N–H and O–H groups in total. The number of nitrogens with one attached hydrogen (secondary N) is 14. The number of nitrogens with zero attached hydrogens (tertiary/aromatic N) is 6. The van der Waals surface area contributed by atoms with Crippen LogP contribution in [0.4, 0.5) is 0 Å². The number of carbonyl (C=O) groups is 15. The van der Waals surface area contributed by atoms with Crippen LogP contribution < -0.4 is 138 Å². The van der Waals surface area contributed by atoms with E-state index < -0.39 is 210 Å². The summed E-state index contributed by atoms with van der Waals surface area (Å²) in [4.78, 5) is 238. The first kappa shape index (κ1) is 112. The molecule has 0 aromatic carbocycles. The smallest absolute Gasteiger partial charge is 0.326 e. The summed E-state index contributed by atoms with van der Waals surface area (Å²) >= 11 is 0. The minimum absolute atomic E-state index is 0.00126. The topological polar surface area (TPSA) is 835 Å². The standard InChI is InChI=1S/C78H144N32O16/c1-13-42(10)58(109-66(118)51(25-20-32-96-78(89)90)101-64(116)48(22-17-29-93-75(83)84)104-69(121)57(41(8)9)107-72(124)60(44(12)15-3)108-61(113)46(79)35-45-36-91-38-98-45)70(122)105-49(23-18-30-94-76(85)86)65(117)103-52(26-27-55(80)111)62(114)97-37-56(112)99-53(33-39(4)5)68(120)102-47(21-16-28-92-74(81)82)63(115)100-50(24-19-31-95-77(87)88)67(119)110-59(43(11)14-2)71(123)106-54(73(125)126)34-40(6)7/h36,38-44,46-54,57-60H,13-35,37,79H2,1-12H3,(H2,80,111)(H,91,98)(H,97,114)(H,99,112)(H,100,115)(H,101,116)(H,102,120)(H,103,117)(H,104,121)(H,105,122)(H,106,123)(H,107,124)(H,108,113)(H,109,118)(H,110,119)(H,125,126)(H4,81,82,92)(H4,83,84,93)(H4,85,86,94)(H4,87,88,95)(H4,89,90,96)/t42-,43-,44-,46-,47-,48-,49-,50-,51-,52-,53-,54-,57-,58-,59-,60-/m0/s1. The predicted molar refractivity (Wildman–Crippen MR) is 474 cm³/mol. The lowest BCUT2D eigenvalue weighted by Gasteiger charge is -2.30. The molecule has 0 saturated carbocycles. The summed E-state index contributed by atoms with van der Waals surface area (Å²) < 4.78 is 0. The van der Waals surface area contributed by atoms with Crippen molar-refractivity contribution in [2.45, 2.75) is 277 Å². The highest BCUT2D eigenvalue weighted by molar-refractivity contribution is 6.00. The van der Waals surface area contributed by atoms with E-state index in [1.54, 1.807) is 83.1 Å². The lowest BCUT2D eigenvalue weighted by molar-refractivity contribution is -0.143. The lowest BCUT2D eigenvalue weighted by Crippen LogP contribution is -2.62. The number of carboxylic acids is 1. The number of rotatable bonds is 63. The first-order valence-electron chi connectivity index (χ1n) is 42.6. The van der Waals surface area contributed by atoms with Crippen molar-refractivity contribution in [3.05, 3.63) is 18.2 Å². The van der Waals surface area contributed by atoms with E-state index in [1.165, 1.54) is 12.5 Å². The number of hydrogen-bond acceptors (Lipinski definition) is 22. The number of amides is 14. The zero-order valence-electron chi connectivity index (χ0n) is 74.8. The van der Waals surface area contributed by atoms with Crippen LogP contribution in [0.5, 0.6) is 0 Å². The fourth-order valence-corrected chi connectivity index (χ4v) is 12.6. The maximum Gasteiger partial charge on any atom is 0.326 e. The summed E-state index contributed by atoms with van der Waals surface area (Å²) in [5, 5.41) is 44.1. The lowest BCUT2D eigenvalue weighted by atomic mass is 9.95. The zero-order valence-corrected chi connectivity index (χ0v) is 74.8. The van der Waals surface area contributed by atoms with Crippen LogP contribution in [0.3, 0.4) is 0 Å². The highest BCUT2D eigenvalue weighted by atomic mass is 16.4. The number of nitrogens with two attached hydrogens (primary N) is 12. The summed E-state index contributed by atoms with van der Waals surface area (Å²) in [7, 11) is 0.